The molecule has 0 amide bonds. The molecule has 1 fully saturated rings. The van der Waals surface area contributed by atoms with E-state index in [2.05, 4.69) is 13.8 Å². The summed E-state index contributed by atoms with van der Waals surface area (Å²) >= 11 is 0. The molecule has 0 aromatic heterocycles. The van der Waals surface area contributed by atoms with Crippen LogP contribution in [0, 0.1) is 5.41 Å². The van der Waals surface area contributed by atoms with Crippen molar-refractivity contribution < 1.29 is 9.31 Å². The van der Waals surface area contributed by atoms with Crippen molar-refractivity contribution in [3.05, 3.63) is 0 Å². The van der Waals surface area contributed by atoms with E-state index in [1.165, 1.54) is 0 Å². The SMILES string of the molecule is CN(C)B1OCC(C)(C)CO1. The van der Waals surface area contributed by atoms with Gasteiger partial charge in [-0.1, -0.05) is 13.8 Å². The Bertz CT molecular complexity index is 128. The topological polar surface area (TPSA) is 21.7 Å². The van der Waals surface area contributed by atoms with Gasteiger partial charge in [-0.3, -0.25) is 4.81 Å². The molecule has 1 rings (SSSR count). The van der Waals surface area contributed by atoms with Crippen LogP contribution >= 0.6 is 0 Å². The van der Waals surface area contributed by atoms with Crippen molar-refractivity contribution in [2.75, 3.05) is 27.3 Å². The Morgan fingerprint density at radius 2 is 1.64 bits per heavy atom. The van der Waals surface area contributed by atoms with Crippen molar-refractivity contribution in [1.82, 2.24) is 4.81 Å². The molecule has 0 aromatic rings. The Morgan fingerprint density at radius 1 is 1.18 bits per heavy atom. The second-order valence-corrected chi connectivity index (χ2v) is 4.06. The number of hydrogen-bond donors (Lipinski definition) is 0. The van der Waals surface area contributed by atoms with Crippen LogP contribution in [0.1, 0.15) is 13.8 Å². The zero-order valence-corrected chi connectivity index (χ0v) is 7.76. The first-order valence-corrected chi connectivity index (χ1v) is 3.91. The first-order chi connectivity index (χ1) is 5.01. The largest absolute Gasteiger partial charge is 0.557 e. The summed E-state index contributed by atoms with van der Waals surface area (Å²) in [6.45, 7) is 5.82. The van der Waals surface area contributed by atoms with E-state index >= 15 is 0 Å². The van der Waals surface area contributed by atoms with Gasteiger partial charge < -0.3 is 9.31 Å². The summed E-state index contributed by atoms with van der Waals surface area (Å²) in [5, 5.41) is 0. The Kier molecular flexibility index (Phi) is 2.57. The van der Waals surface area contributed by atoms with Gasteiger partial charge >= 0.3 is 7.25 Å². The van der Waals surface area contributed by atoms with E-state index in [9.17, 15) is 0 Å². The minimum atomic E-state index is -0.150. The standard InChI is InChI=1S/C7H16BNO2/c1-7(2)5-10-8(9(3)4)11-6-7/h5-6H2,1-4H3. The predicted octanol–water partition coefficient (Wildman–Crippen LogP) is 0.606. The molecule has 1 saturated heterocycles. The Labute approximate surface area is 68.8 Å². The normalized spacial score (nSPS) is 24.3. The highest BCUT2D eigenvalue weighted by molar-refractivity contribution is 6.40. The average molecular weight is 157 g/mol. The third-order valence-electron chi connectivity index (χ3n) is 1.65. The van der Waals surface area contributed by atoms with E-state index in [4.69, 9.17) is 9.31 Å². The maximum atomic E-state index is 5.46. The van der Waals surface area contributed by atoms with Gasteiger partial charge in [0.1, 0.15) is 0 Å². The summed E-state index contributed by atoms with van der Waals surface area (Å²) in [6, 6.07) is 0. The van der Waals surface area contributed by atoms with Gasteiger partial charge in [-0.15, -0.1) is 0 Å². The van der Waals surface area contributed by atoms with Crippen molar-refractivity contribution in [2.24, 2.45) is 5.41 Å². The van der Waals surface area contributed by atoms with Gasteiger partial charge in [0, 0.05) is 18.6 Å². The monoisotopic (exact) mass is 157 g/mol. The minimum Gasteiger partial charge on any atom is -0.396 e. The van der Waals surface area contributed by atoms with E-state index < -0.39 is 0 Å². The fourth-order valence-electron chi connectivity index (χ4n) is 0.982. The lowest BCUT2D eigenvalue weighted by Crippen LogP contribution is -2.48. The number of rotatable bonds is 1. The molecule has 1 aliphatic heterocycles. The van der Waals surface area contributed by atoms with Crippen molar-refractivity contribution in [2.45, 2.75) is 13.8 Å². The summed E-state index contributed by atoms with van der Waals surface area (Å²) < 4.78 is 10.9. The molecule has 64 valence electrons. The van der Waals surface area contributed by atoms with Crippen LogP contribution in [0.5, 0.6) is 0 Å². The van der Waals surface area contributed by atoms with Gasteiger partial charge in [-0.25, -0.2) is 0 Å². The molecule has 0 unspecified atom stereocenters. The lowest BCUT2D eigenvalue weighted by Gasteiger charge is -2.34. The van der Waals surface area contributed by atoms with Crippen LogP contribution in [0.4, 0.5) is 0 Å². The van der Waals surface area contributed by atoms with Crippen LogP contribution in [-0.2, 0) is 9.31 Å². The van der Waals surface area contributed by atoms with Crippen LogP contribution in [0.15, 0.2) is 0 Å². The van der Waals surface area contributed by atoms with E-state index in [1.807, 2.05) is 18.9 Å². The minimum absolute atomic E-state index is 0.150. The summed E-state index contributed by atoms with van der Waals surface area (Å²) in [7, 11) is 3.74. The lowest BCUT2D eigenvalue weighted by molar-refractivity contribution is 0.0104. The van der Waals surface area contributed by atoms with E-state index in [0.29, 0.717) is 0 Å². The highest BCUT2D eigenvalue weighted by atomic mass is 16.6. The van der Waals surface area contributed by atoms with E-state index in [0.717, 1.165) is 13.2 Å². The quantitative estimate of drug-likeness (QED) is 0.520. The molecule has 1 aliphatic rings. The van der Waals surface area contributed by atoms with Crippen molar-refractivity contribution >= 4 is 7.25 Å². The molecule has 0 bridgehead atoms. The molecule has 4 heteroatoms. The van der Waals surface area contributed by atoms with Crippen LogP contribution in [0.2, 0.25) is 0 Å². The molecule has 0 aromatic carbocycles. The second-order valence-electron chi connectivity index (χ2n) is 4.06. The fourth-order valence-corrected chi connectivity index (χ4v) is 0.982. The third-order valence-corrected chi connectivity index (χ3v) is 1.65. The molecule has 3 nitrogen and oxygen atoms in total. The average Bonchev–Trinajstić information content (AvgIpc) is 1.86. The zero-order valence-electron chi connectivity index (χ0n) is 7.76. The first kappa shape index (κ1) is 9.04. The molecule has 1 heterocycles. The van der Waals surface area contributed by atoms with Crippen LogP contribution in [-0.4, -0.2) is 39.4 Å². The Hall–Kier alpha value is -0.0551. The van der Waals surface area contributed by atoms with Crippen molar-refractivity contribution in [3.63, 3.8) is 0 Å². The smallest absolute Gasteiger partial charge is 0.396 e. The third kappa shape index (κ3) is 2.47. The molecular weight excluding hydrogens is 141 g/mol. The van der Waals surface area contributed by atoms with Crippen LogP contribution in [0.3, 0.4) is 0 Å². The summed E-state index contributed by atoms with van der Waals surface area (Å²) in [4.78, 5) is 1.93. The summed E-state index contributed by atoms with van der Waals surface area (Å²) in [6.07, 6.45) is 0. The first-order valence-electron chi connectivity index (χ1n) is 3.91. The Balaban J connectivity index is 2.36. The predicted molar refractivity (Wildman–Crippen MR) is 45.1 cm³/mol. The Morgan fingerprint density at radius 3 is 2.00 bits per heavy atom. The van der Waals surface area contributed by atoms with Gasteiger partial charge in [0.2, 0.25) is 0 Å². The van der Waals surface area contributed by atoms with Crippen LogP contribution in [0.25, 0.3) is 0 Å². The van der Waals surface area contributed by atoms with Crippen molar-refractivity contribution in [1.29, 1.82) is 0 Å². The highest BCUT2D eigenvalue weighted by Crippen LogP contribution is 2.21. The molecule has 0 saturated carbocycles. The van der Waals surface area contributed by atoms with E-state index in [-0.39, 0.29) is 12.7 Å². The molecular formula is C7H16BNO2. The molecule has 0 spiro atoms. The molecule has 0 atom stereocenters. The molecule has 0 N–H and O–H groups in total. The maximum absolute atomic E-state index is 5.46. The van der Waals surface area contributed by atoms with Gasteiger partial charge in [0.15, 0.2) is 0 Å². The highest BCUT2D eigenvalue weighted by Gasteiger charge is 2.33. The summed E-state index contributed by atoms with van der Waals surface area (Å²) in [5.41, 5.74) is 0.173. The lowest BCUT2D eigenvalue weighted by atomic mass is 9.91. The van der Waals surface area contributed by atoms with Crippen molar-refractivity contribution in [3.8, 4) is 0 Å². The fraction of sp³-hybridized carbons (Fsp3) is 1.00. The van der Waals surface area contributed by atoms with Gasteiger partial charge in [-0.05, 0) is 14.1 Å². The van der Waals surface area contributed by atoms with Crippen LogP contribution < -0.4 is 0 Å². The molecule has 11 heavy (non-hydrogen) atoms. The number of nitrogens with zero attached hydrogens (tertiary/aromatic N) is 1. The number of hydrogen-bond acceptors (Lipinski definition) is 3. The summed E-state index contributed by atoms with van der Waals surface area (Å²) in [5.74, 6) is 0. The second kappa shape index (κ2) is 3.13. The van der Waals surface area contributed by atoms with Gasteiger partial charge in [0.05, 0.1) is 0 Å². The van der Waals surface area contributed by atoms with Gasteiger partial charge in [0.25, 0.3) is 0 Å². The molecule has 0 aliphatic carbocycles. The maximum Gasteiger partial charge on any atom is 0.557 e. The van der Waals surface area contributed by atoms with E-state index in [1.54, 1.807) is 0 Å². The zero-order chi connectivity index (χ0) is 8.48. The van der Waals surface area contributed by atoms with Gasteiger partial charge in [-0.2, -0.15) is 0 Å². The molecule has 0 radical (unpaired) electrons.